The summed E-state index contributed by atoms with van der Waals surface area (Å²) in [4.78, 5) is 0. The third kappa shape index (κ3) is 1.71. The van der Waals surface area contributed by atoms with E-state index in [1.54, 1.807) is 0 Å². The number of hydrogen-bond acceptors (Lipinski definition) is 4. The second kappa shape index (κ2) is 3.12. The Hall–Kier alpha value is -0.770. The molecule has 0 atom stereocenters. The van der Waals surface area contributed by atoms with Gasteiger partial charge in [0.25, 0.3) is 0 Å². The third-order valence-electron chi connectivity index (χ3n) is 2.99. The monoisotopic (exact) mass is 211 g/mol. The molecule has 0 radical (unpaired) electrons. The largest absolute Gasteiger partial charge is 0.383 e. The van der Waals surface area contributed by atoms with Crippen LogP contribution in [0.25, 0.3) is 0 Å². The summed E-state index contributed by atoms with van der Waals surface area (Å²) in [5.74, 6) is 1.47. The maximum atomic E-state index is 5.71. The van der Waals surface area contributed by atoms with Gasteiger partial charge in [0.15, 0.2) is 0 Å². The minimum Gasteiger partial charge on any atom is -0.383 e. The Bertz CT molecular complexity index is 339. The topological polar surface area (TPSA) is 50.9 Å². The van der Waals surface area contributed by atoms with Crippen LogP contribution in [0.5, 0.6) is 0 Å². The number of aromatic nitrogens is 1. The SMILES string of the molecule is Cc1c(N)nsc1NC(C)(C)C1CC1. The molecule has 1 aliphatic carbocycles. The van der Waals surface area contributed by atoms with E-state index in [0.717, 1.165) is 16.5 Å². The van der Waals surface area contributed by atoms with Crippen LogP contribution in [0.15, 0.2) is 0 Å². The molecule has 1 aromatic heterocycles. The number of rotatable bonds is 3. The van der Waals surface area contributed by atoms with Crippen LogP contribution in [0.1, 0.15) is 32.3 Å². The summed E-state index contributed by atoms with van der Waals surface area (Å²) >= 11 is 1.46. The van der Waals surface area contributed by atoms with Crippen molar-refractivity contribution < 1.29 is 0 Å². The molecule has 4 heteroatoms. The molecule has 1 fully saturated rings. The molecular weight excluding hydrogens is 194 g/mol. The van der Waals surface area contributed by atoms with E-state index in [4.69, 9.17) is 5.73 Å². The second-order valence-corrected chi connectivity index (χ2v) is 5.42. The van der Waals surface area contributed by atoms with E-state index in [2.05, 4.69) is 23.5 Å². The zero-order chi connectivity index (χ0) is 10.3. The van der Waals surface area contributed by atoms with E-state index in [1.807, 2.05) is 6.92 Å². The zero-order valence-corrected chi connectivity index (χ0v) is 9.74. The average molecular weight is 211 g/mol. The summed E-state index contributed by atoms with van der Waals surface area (Å²) < 4.78 is 4.14. The summed E-state index contributed by atoms with van der Waals surface area (Å²) in [6.45, 7) is 6.52. The molecule has 1 saturated carbocycles. The molecule has 0 aliphatic heterocycles. The lowest BCUT2D eigenvalue weighted by atomic mass is 9.99. The molecule has 0 saturated heterocycles. The molecule has 0 bridgehead atoms. The van der Waals surface area contributed by atoms with Gasteiger partial charge < -0.3 is 11.1 Å². The molecule has 0 unspecified atom stereocenters. The van der Waals surface area contributed by atoms with Gasteiger partial charge in [-0.25, -0.2) is 0 Å². The number of hydrogen-bond donors (Lipinski definition) is 2. The highest BCUT2D eigenvalue weighted by molar-refractivity contribution is 7.10. The number of nitrogen functional groups attached to an aromatic ring is 1. The van der Waals surface area contributed by atoms with Crippen LogP contribution in [0.2, 0.25) is 0 Å². The van der Waals surface area contributed by atoms with Crippen molar-refractivity contribution in [3.63, 3.8) is 0 Å². The Kier molecular flexibility index (Phi) is 2.18. The van der Waals surface area contributed by atoms with Crippen LogP contribution in [0.3, 0.4) is 0 Å². The molecule has 3 nitrogen and oxygen atoms in total. The van der Waals surface area contributed by atoms with E-state index < -0.39 is 0 Å². The average Bonchev–Trinajstić information content (AvgIpc) is 2.89. The van der Waals surface area contributed by atoms with Crippen LogP contribution < -0.4 is 11.1 Å². The Morgan fingerprint density at radius 3 is 2.57 bits per heavy atom. The van der Waals surface area contributed by atoms with Crippen LogP contribution in [0.4, 0.5) is 10.8 Å². The van der Waals surface area contributed by atoms with Gasteiger partial charge in [0.05, 0.1) is 0 Å². The highest BCUT2D eigenvalue weighted by atomic mass is 32.1. The molecular formula is C10H17N3S. The van der Waals surface area contributed by atoms with Gasteiger partial charge in [0.1, 0.15) is 10.8 Å². The van der Waals surface area contributed by atoms with Crippen LogP contribution >= 0.6 is 11.5 Å². The fourth-order valence-electron chi connectivity index (χ4n) is 1.66. The normalized spacial score (nSPS) is 17.1. The Morgan fingerprint density at radius 1 is 1.50 bits per heavy atom. The van der Waals surface area contributed by atoms with Crippen molar-refractivity contribution in [1.29, 1.82) is 0 Å². The summed E-state index contributed by atoms with van der Waals surface area (Å²) in [5, 5.41) is 4.67. The zero-order valence-electron chi connectivity index (χ0n) is 8.92. The summed E-state index contributed by atoms with van der Waals surface area (Å²) in [5.41, 5.74) is 6.98. The molecule has 78 valence electrons. The number of anilines is 2. The van der Waals surface area contributed by atoms with Crippen molar-refractivity contribution in [3.8, 4) is 0 Å². The lowest BCUT2D eigenvalue weighted by molar-refractivity contribution is 0.495. The first-order valence-electron chi connectivity index (χ1n) is 5.00. The molecule has 1 aromatic rings. The van der Waals surface area contributed by atoms with Crippen LogP contribution in [0, 0.1) is 12.8 Å². The maximum absolute atomic E-state index is 5.71. The van der Waals surface area contributed by atoms with Crippen LogP contribution in [-0.2, 0) is 0 Å². The molecule has 3 N–H and O–H groups in total. The lowest BCUT2D eigenvalue weighted by Gasteiger charge is -2.26. The Balaban J connectivity index is 2.13. The van der Waals surface area contributed by atoms with Crippen molar-refractivity contribution in [3.05, 3.63) is 5.56 Å². The van der Waals surface area contributed by atoms with Crippen molar-refractivity contribution in [2.24, 2.45) is 5.92 Å². The van der Waals surface area contributed by atoms with E-state index >= 15 is 0 Å². The molecule has 2 rings (SSSR count). The molecule has 14 heavy (non-hydrogen) atoms. The predicted molar refractivity (Wildman–Crippen MR) is 61.7 cm³/mol. The molecule has 1 aliphatic rings. The van der Waals surface area contributed by atoms with Gasteiger partial charge in [0.2, 0.25) is 0 Å². The van der Waals surface area contributed by atoms with Gasteiger partial charge in [-0.05, 0) is 51.1 Å². The number of nitrogens with two attached hydrogens (primary N) is 1. The van der Waals surface area contributed by atoms with Crippen molar-refractivity contribution in [1.82, 2.24) is 4.37 Å². The van der Waals surface area contributed by atoms with Crippen molar-refractivity contribution in [2.45, 2.75) is 39.2 Å². The Labute approximate surface area is 88.9 Å². The number of nitrogens with zero attached hydrogens (tertiary/aromatic N) is 1. The fraction of sp³-hybridized carbons (Fsp3) is 0.700. The quantitative estimate of drug-likeness (QED) is 0.808. The standard InChI is InChI=1S/C10H17N3S/c1-6-8(11)13-14-9(6)12-10(2,3)7-4-5-7/h7,12H,4-5H2,1-3H3,(H2,11,13). The third-order valence-corrected chi connectivity index (χ3v) is 3.87. The Morgan fingerprint density at radius 2 is 2.14 bits per heavy atom. The number of nitrogens with one attached hydrogen (secondary N) is 1. The van der Waals surface area contributed by atoms with Gasteiger partial charge in [-0.2, -0.15) is 4.37 Å². The van der Waals surface area contributed by atoms with Gasteiger partial charge in [-0.3, -0.25) is 0 Å². The van der Waals surface area contributed by atoms with E-state index in [-0.39, 0.29) is 5.54 Å². The van der Waals surface area contributed by atoms with Crippen LogP contribution in [-0.4, -0.2) is 9.91 Å². The van der Waals surface area contributed by atoms with E-state index in [9.17, 15) is 0 Å². The minimum atomic E-state index is 0.184. The van der Waals surface area contributed by atoms with Gasteiger partial charge in [-0.15, -0.1) is 0 Å². The fourth-order valence-corrected chi connectivity index (χ4v) is 2.54. The van der Waals surface area contributed by atoms with Gasteiger partial charge >= 0.3 is 0 Å². The summed E-state index contributed by atoms with van der Waals surface area (Å²) in [6.07, 6.45) is 2.68. The van der Waals surface area contributed by atoms with Crippen molar-refractivity contribution in [2.75, 3.05) is 11.1 Å². The lowest BCUT2D eigenvalue weighted by Crippen LogP contribution is -2.33. The minimum absolute atomic E-state index is 0.184. The molecule has 1 heterocycles. The van der Waals surface area contributed by atoms with Gasteiger partial charge in [0, 0.05) is 11.1 Å². The first kappa shape index (κ1) is 9.77. The summed E-state index contributed by atoms with van der Waals surface area (Å²) in [7, 11) is 0. The molecule has 0 amide bonds. The van der Waals surface area contributed by atoms with E-state index in [1.165, 1.54) is 24.4 Å². The maximum Gasteiger partial charge on any atom is 0.142 e. The first-order chi connectivity index (χ1) is 6.50. The second-order valence-electron chi connectivity index (χ2n) is 4.64. The van der Waals surface area contributed by atoms with Crippen molar-refractivity contribution >= 4 is 22.4 Å². The smallest absolute Gasteiger partial charge is 0.142 e. The van der Waals surface area contributed by atoms with E-state index in [0.29, 0.717) is 5.82 Å². The molecule has 0 spiro atoms. The predicted octanol–water partition coefficient (Wildman–Crippen LogP) is 2.63. The first-order valence-corrected chi connectivity index (χ1v) is 5.78. The molecule has 0 aromatic carbocycles. The van der Waals surface area contributed by atoms with Gasteiger partial charge in [-0.1, -0.05) is 0 Å². The summed E-state index contributed by atoms with van der Waals surface area (Å²) in [6, 6.07) is 0. The highest BCUT2D eigenvalue weighted by Gasteiger charge is 2.38. The highest BCUT2D eigenvalue weighted by Crippen LogP contribution is 2.42.